The van der Waals surface area contributed by atoms with E-state index in [9.17, 15) is 19.7 Å². The molecule has 2 aromatic rings. The summed E-state index contributed by atoms with van der Waals surface area (Å²) < 4.78 is 5.04. The van der Waals surface area contributed by atoms with E-state index in [4.69, 9.17) is 27.9 Å². The summed E-state index contributed by atoms with van der Waals surface area (Å²) in [5.74, 6) is -1.47. The number of ether oxygens (including phenoxy) is 1. The molecule has 1 atom stereocenters. The van der Waals surface area contributed by atoms with Crippen LogP contribution < -0.4 is 5.32 Å². The van der Waals surface area contributed by atoms with Crippen LogP contribution in [0.2, 0.25) is 10.0 Å². The van der Waals surface area contributed by atoms with Gasteiger partial charge >= 0.3 is 5.97 Å². The number of aromatic nitrogens is 1. The molecule has 0 aliphatic carbocycles. The van der Waals surface area contributed by atoms with E-state index in [1.54, 1.807) is 6.92 Å². The van der Waals surface area contributed by atoms with Crippen LogP contribution in [0.25, 0.3) is 0 Å². The lowest BCUT2D eigenvalue weighted by atomic mass is 10.1. The van der Waals surface area contributed by atoms with Crippen molar-refractivity contribution in [2.75, 3.05) is 5.32 Å². The highest BCUT2D eigenvalue weighted by atomic mass is 35.5. The van der Waals surface area contributed by atoms with Gasteiger partial charge in [-0.3, -0.25) is 14.9 Å². The Hall–Kier alpha value is -2.71. The van der Waals surface area contributed by atoms with Gasteiger partial charge in [-0.05, 0) is 26.0 Å². The Kier molecular flexibility index (Phi) is 6.12. The normalized spacial score (nSPS) is 11.5. The number of rotatable bonds is 5. The highest BCUT2D eigenvalue weighted by Gasteiger charge is 2.22. The summed E-state index contributed by atoms with van der Waals surface area (Å²) in [5.41, 5.74) is 0.152. The van der Waals surface area contributed by atoms with Crippen LogP contribution in [0.4, 0.5) is 11.5 Å². The Bertz CT molecular complexity index is 888. The van der Waals surface area contributed by atoms with Crippen LogP contribution in [0, 0.1) is 17.0 Å². The second-order valence-corrected chi connectivity index (χ2v) is 6.12. The lowest BCUT2D eigenvalue weighted by molar-refractivity contribution is -0.385. The van der Waals surface area contributed by atoms with Crippen LogP contribution in [0.15, 0.2) is 30.5 Å². The number of carbonyl (C=O) groups is 2. The predicted molar refractivity (Wildman–Crippen MR) is 95.6 cm³/mol. The van der Waals surface area contributed by atoms with Gasteiger partial charge in [-0.25, -0.2) is 9.78 Å². The van der Waals surface area contributed by atoms with E-state index in [0.717, 1.165) is 6.07 Å². The second kappa shape index (κ2) is 8.11. The number of benzene rings is 1. The Balaban J connectivity index is 2.07. The predicted octanol–water partition coefficient (Wildman–Crippen LogP) is 3.79. The van der Waals surface area contributed by atoms with Crippen molar-refractivity contribution in [3.8, 4) is 0 Å². The Morgan fingerprint density at radius 3 is 2.62 bits per heavy atom. The number of pyridine rings is 1. The standard InChI is InChI=1S/C16H13Cl2N3O5/c1-8-3-4-10(5-13(8)21(24)25)16(23)26-9(2)15(22)20-14-12(18)6-11(17)7-19-14/h3-7,9H,1-2H3,(H,19,20,22)/t9-/m0/s1. The molecule has 0 bridgehead atoms. The van der Waals surface area contributed by atoms with E-state index in [2.05, 4.69) is 10.3 Å². The number of halogens is 2. The first-order valence-electron chi connectivity index (χ1n) is 7.27. The van der Waals surface area contributed by atoms with Crippen molar-refractivity contribution in [2.45, 2.75) is 20.0 Å². The first kappa shape index (κ1) is 19.6. The van der Waals surface area contributed by atoms with Crippen LogP contribution in [-0.2, 0) is 9.53 Å². The molecule has 1 heterocycles. The molecule has 0 radical (unpaired) electrons. The monoisotopic (exact) mass is 397 g/mol. The molecule has 8 nitrogen and oxygen atoms in total. The van der Waals surface area contributed by atoms with Gasteiger partial charge in [0.1, 0.15) is 0 Å². The van der Waals surface area contributed by atoms with Crippen molar-refractivity contribution >= 4 is 46.6 Å². The number of hydrogen-bond donors (Lipinski definition) is 1. The summed E-state index contributed by atoms with van der Waals surface area (Å²) in [6, 6.07) is 5.30. The fraction of sp³-hybridized carbons (Fsp3) is 0.188. The van der Waals surface area contributed by atoms with Crippen molar-refractivity contribution in [3.63, 3.8) is 0 Å². The summed E-state index contributed by atoms with van der Waals surface area (Å²) in [4.78, 5) is 38.5. The molecule has 136 valence electrons. The quantitative estimate of drug-likeness (QED) is 0.466. The van der Waals surface area contributed by atoms with E-state index >= 15 is 0 Å². The smallest absolute Gasteiger partial charge is 0.339 e. The number of nitrogens with one attached hydrogen (secondary N) is 1. The number of hydrogen-bond acceptors (Lipinski definition) is 6. The average molecular weight is 398 g/mol. The number of anilines is 1. The number of aryl methyl sites for hydroxylation is 1. The molecular weight excluding hydrogens is 385 g/mol. The molecule has 2 rings (SSSR count). The SMILES string of the molecule is Cc1ccc(C(=O)O[C@@H](C)C(=O)Nc2ncc(Cl)cc2Cl)cc1[N+](=O)[O-]. The third-order valence-corrected chi connectivity index (χ3v) is 3.84. The van der Waals surface area contributed by atoms with Crippen molar-refractivity contribution in [3.05, 3.63) is 61.7 Å². The van der Waals surface area contributed by atoms with Crippen LogP contribution in [0.5, 0.6) is 0 Å². The van der Waals surface area contributed by atoms with Gasteiger partial charge in [0.15, 0.2) is 11.9 Å². The minimum atomic E-state index is -1.18. The molecule has 1 aromatic heterocycles. The Morgan fingerprint density at radius 1 is 1.31 bits per heavy atom. The summed E-state index contributed by atoms with van der Waals surface area (Å²) in [6.07, 6.45) is 0.113. The lowest BCUT2D eigenvalue weighted by Crippen LogP contribution is -2.30. The van der Waals surface area contributed by atoms with Crippen molar-refractivity contribution < 1.29 is 19.2 Å². The lowest BCUT2D eigenvalue weighted by Gasteiger charge is -2.14. The molecule has 0 fully saturated rings. The Labute approximate surface area is 158 Å². The summed E-state index contributed by atoms with van der Waals surface area (Å²) in [7, 11) is 0. The van der Waals surface area contributed by atoms with Gasteiger partial charge in [-0.1, -0.05) is 29.3 Å². The third-order valence-electron chi connectivity index (χ3n) is 3.34. The molecule has 0 saturated carbocycles. The van der Waals surface area contributed by atoms with Crippen molar-refractivity contribution in [1.29, 1.82) is 0 Å². The zero-order valence-electron chi connectivity index (χ0n) is 13.7. The number of amides is 1. The number of nitro groups is 1. The second-order valence-electron chi connectivity index (χ2n) is 5.28. The number of nitro benzene ring substituents is 1. The maximum absolute atomic E-state index is 12.1. The fourth-order valence-electron chi connectivity index (χ4n) is 1.94. The molecule has 1 N–H and O–H groups in total. The van der Waals surface area contributed by atoms with Gasteiger partial charge in [0.05, 0.1) is 20.5 Å². The molecule has 1 aromatic carbocycles. The van der Waals surface area contributed by atoms with Gasteiger partial charge in [-0.15, -0.1) is 0 Å². The molecule has 1 amide bonds. The first-order chi connectivity index (χ1) is 12.2. The number of nitrogens with zero attached hydrogens (tertiary/aromatic N) is 2. The first-order valence-corrected chi connectivity index (χ1v) is 8.02. The molecule has 26 heavy (non-hydrogen) atoms. The number of carbonyl (C=O) groups excluding carboxylic acids is 2. The van der Waals surface area contributed by atoms with E-state index in [0.29, 0.717) is 10.6 Å². The molecule has 0 aliphatic heterocycles. The molecule has 10 heteroatoms. The van der Waals surface area contributed by atoms with E-state index in [1.807, 2.05) is 0 Å². The van der Waals surface area contributed by atoms with Gasteiger partial charge < -0.3 is 10.1 Å². The minimum absolute atomic E-state index is 0.0374. The van der Waals surface area contributed by atoms with Gasteiger partial charge in [0.25, 0.3) is 11.6 Å². The topological polar surface area (TPSA) is 111 Å². The molecule has 0 spiro atoms. The number of esters is 1. The average Bonchev–Trinajstić information content (AvgIpc) is 2.57. The van der Waals surface area contributed by atoms with Crippen LogP contribution in [0.1, 0.15) is 22.8 Å². The van der Waals surface area contributed by atoms with Crippen molar-refractivity contribution in [1.82, 2.24) is 4.98 Å². The molecular formula is C16H13Cl2N3O5. The molecule has 0 unspecified atom stereocenters. The van der Waals surface area contributed by atoms with E-state index in [1.165, 1.54) is 31.3 Å². The maximum Gasteiger partial charge on any atom is 0.339 e. The zero-order valence-corrected chi connectivity index (χ0v) is 15.2. The van der Waals surface area contributed by atoms with Gasteiger partial charge in [-0.2, -0.15) is 0 Å². The maximum atomic E-state index is 12.1. The van der Waals surface area contributed by atoms with Crippen molar-refractivity contribution in [2.24, 2.45) is 0 Å². The van der Waals surface area contributed by atoms with Crippen LogP contribution in [0.3, 0.4) is 0 Å². The summed E-state index contributed by atoms with van der Waals surface area (Å²) in [5, 5.41) is 13.8. The van der Waals surface area contributed by atoms with Crippen LogP contribution >= 0.6 is 23.2 Å². The molecule has 0 aliphatic rings. The third kappa shape index (κ3) is 4.68. The van der Waals surface area contributed by atoms with Crippen LogP contribution in [-0.4, -0.2) is 27.9 Å². The Morgan fingerprint density at radius 2 is 2.00 bits per heavy atom. The van der Waals surface area contributed by atoms with E-state index < -0.39 is 22.9 Å². The molecule has 0 saturated heterocycles. The highest BCUT2D eigenvalue weighted by molar-refractivity contribution is 6.36. The summed E-state index contributed by atoms with van der Waals surface area (Å²) in [6.45, 7) is 2.89. The van der Waals surface area contributed by atoms with E-state index in [-0.39, 0.29) is 22.1 Å². The zero-order chi connectivity index (χ0) is 19.4. The van der Waals surface area contributed by atoms with Gasteiger partial charge in [0, 0.05) is 17.8 Å². The highest BCUT2D eigenvalue weighted by Crippen LogP contribution is 2.23. The largest absolute Gasteiger partial charge is 0.449 e. The fourth-order valence-corrected chi connectivity index (χ4v) is 2.37. The van der Waals surface area contributed by atoms with Gasteiger partial charge in [0.2, 0.25) is 0 Å². The summed E-state index contributed by atoms with van der Waals surface area (Å²) >= 11 is 11.6. The minimum Gasteiger partial charge on any atom is -0.449 e.